The van der Waals surface area contributed by atoms with Crippen molar-refractivity contribution in [2.24, 2.45) is 0 Å². The lowest BCUT2D eigenvalue weighted by Gasteiger charge is -2.28. The minimum absolute atomic E-state index is 0.139. The molecule has 0 bridgehead atoms. The average molecular weight is 529 g/mol. The number of anilines is 1. The van der Waals surface area contributed by atoms with Gasteiger partial charge in [-0.3, -0.25) is 9.78 Å². The molecule has 1 aliphatic heterocycles. The fraction of sp³-hybridized carbons (Fsp3) is 0.241. The van der Waals surface area contributed by atoms with Gasteiger partial charge >= 0.3 is 0 Å². The van der Waals surface area contributed by atoms with E-state index in [1.807, 2.05) is 48.4 Å². The Balaban J connectivity index is 1.47. The molecule has 38 heavy (non-hydrogen) atoms. The summed E-state index contributed by atoms with van der Waals surface area (Å²) < 4.78 is 16.2. The Morgan fingerprint density at radius 3 is 2.58 bits per heavy atom. The number of rotatable bonds is 7. The van der Waals surface area contributed by atoms with Gasteiger partial charge in [0.15, 0.2) is 5.11 Å². The number of para-hydroxylation sites is 1. The molecule has 4 aromatic rings. The lowest BCUT2D eigenvalue weighted by atomic mass is 9.96. The van der Waals surface area contributed by atoms with Gasteiger partial charge in [0.1, 0.15) is 11.6 Å². The standard InChI is InChI=1S/C29H29FN6OS/c1-18-11-12-25(32-17-18)36-19(2)16-21(20(36)3)28-27(24-10-6-7-14-31-24)34-29(38)35(28)15-13-26(37)33-23-9-5-4-8-22(23)30/h4-12,14,16-17,27-28H,13,15H2,1-3H3,(H,33,37)(H,34,38)/t27-,28+/m0/s1. The quantitative estimate of drug-likeness (QED) is 0.316. The molecule has 0 radical (unpaired) electrons. The first kappa shape index (κ1) is 25.5. The first-order valence-corrected chi connectivity index (χ1v) is 12.9. The predicted molar refractivity (Wildman–Crippen MR) is 150 cm³/mol. The molecule has 9 heteroatoms. The van der Waals surface area contributed by atoms with Crippen molar-refractivity contribution in [3.05, 3.63) is 107 Å². The maximum atomic E-state index is 14.1. The lowest BCUT2D eigenvalue weighted by molar-refractivity contribution is -0.116. The minimum Gasteiger partial charge on any atom is -0.352 e. The topological polar surface area (TPSA) is 75.1 Å². The summed E-state index contributed by atoms with van der Waals surface area (Å²) in [6.07, 6.45) is 3.76. The van der Waals surface area contributed by atoms with Gasteiger partial charge in [0.2, 0.25) is 5.91 Å². The number of thiocarbonyl (C=S) groups is 1. The van der Waals surface area contributed by atoms with Crippen LogP contribution in [0.4, 0.5) is 10.1 Å². The third kappa shape index (κ3) is 5.02. The van der Waals surface area contributed by atoms with Crippen molar-refractivity contribution < 1.29 is 9.18 Å². The third-order valence-corrected chi connectivity index (χ3v) is 7.19. The second-order valence-corrected chi connectivity index (χ2v) is 9.84. The van der Waals surface area contributed by atoms with E-state index in [1.165, 1.54) is 6.07 Å². The van der Waals surface area contributed by atoms with Gasteiger partial charge in [0, 0.05) is 36.7 Å². The van der Waals surface area contributed by atoms with Gasteiger partial charge < -0.3 is 20.1 Å². The summed E-state index contributed by atoms with van der Waals surface area (Å²) in [7, 11) is 0. The molecule has 1 aromatic carbocycles. The van der Waals surface area contributed by atoms with Crippen LogP contribution in [0, 0.1) is 26.6 Å². The number of nitrogens with one attached hydrogen (secondary N) is 2. The molecule has 1 aliphatic rings. The van der Waals surface area contributed by atoms with Gasteiger partial charge in [0.25, 0.3) is 0 Å². The zero-order valence-electron chi connectivity index (χ0n) is 21.5. The predicted octanol–water partition coefficient (Wildman–Crippen LogP) is 5.33. The fourth-order valence-corrected chi connectivity index (χ4v) is 5.35. The Kier molecular flexibility index (Phi) is 7.20. The van der Waals surface area contributed by atoms with Crippen LogP contribution in [0.15, 0.2) is 73.1 Å². The van der Waals surface area contributed by atoms with Gasteiger partial charge in [-0.25, -0.2) is 9.37 Å². The first-order valence-electron chi connectivity index (χ1n) is 12.5. The van der Waals surface area contributed by atoms with Crippen molar-refractivity contribution in [3.8, 4) is 5.82 Å². The summed E-state index contributed by atoms with van der Waals surface area (Å²) in [6, 6.07) is 17.7. The van der Waals surface area contributed by atoms with E-state index in [2.05, 4.69) is 45.1 Å². The highest BCUT2D eigenvalue weighted by Crippen LogP contribution is 2.41. The van der Waals surface area contributed by atoms with Gasteiger partial charge in [-0.15, -0.1) is 0 Å². The summed E-state index contributed by atoms with van der Waals surface area (Å²) in [5.41, 5.74) is 5.27. The third-order valence-electron chi connectivity index (χ3n) is 6.84. The molecular weight excluding hydrogens is 499 g/mol. The Bertz CT molecular complexity index is 1470. The number of pyridine rings is 2. The number of carbonyl (C=O) groups excluding carboxylic acids is 1. The van der Waals surface area contributed by atoms with Crippen LogP contribution in [0.2, 0.25) is 0 Å². The van der Waals surface area contributed by atoms with E-state index in [1.54, 1.807) is 24.4 Å². The molecule has 0 spiro atoms. The smallest absolute Gasteiger partial charge is 0.226 e. The van der Waals surface area contributed by atoms with Crippen LogP contribution in [0.25, 0.3) is 5.82 Å². The second-order valence-electron chi connectivity index (χ2n) is 9.45. The van der Waals surface area contributed by atoms with Crippen molar-refractivity contribution in [3.63, 3.8) is 0 Å². The highest BCUT2D eigenvalue weighted by atomic mass is 32.1. The van der Waals surface area contributed by atoms with E-state index in [0.29, 0.717) is 11.7 Å². The lowest BCUT2D eigenvalue weighted by Crippen LogP contribution is -2.33. The maximum Gasteiger partial charge on any atom is 0.226 e. The molecule has 5 rings (SSSR count). The highest BCUT2D eigenvalue weighted by Gasteiger charge is 2.41. The number of aromatic nitrogens is 3. The van der Waals surface area contributed by atoms with Crippen LogP contribution in [0.1, 0.15) is 46.7 Å². The fourth-order valence-electron chi connectivity index (χ4n) is 5.01. The zero-order valence-corrected chi connectivity index (χ0v) is 22.3. The van der Waals surface area contributed by atoms with E-state index in [9.17, 15) is 9.18 Å². The monoisotopic (exact) mass is 528 g/mol. The molecule has 2 atom stereocenters. The SMILES string of the molecule is Cc1ccc(-n2c(C)cc([C@@H]3[C@H](c4ccccn4)NC(=S)N3CCC(=O)Nc3ccccc3F)c2C)nc1. The van der Waals surface area contributed by atoms with Gasteiger partial charge in [-0.05, 0) is 80.5 Å². The largest absolute Gasteiger partial charge is 0.352 e. The highest BCUT2D eigenvalue weighted by molar-refractivity contribution is 7.80. The summed E-state index contributed by atoms with van der Waals surface area (Å²) >= 11 is 5.76. The van der Waals surface area contributed by atoms with Crippen LogP contribution >= 0.6 is 12.2 Å². The minimum atomic E-state index is -0.468. The van der Waals surface area contributed by atoms with Crippen LogP contribution in [0.3, 0.4) is 0 Å². The van der Waals surface area contributed by atoms with Crippen molar-refractivity contribution in [1.82, 2.24) is 24.8 Å². The Morgan fingerprint density at radius 2 is 1.87 bits per heavy atom. The number of nitrogens with zero attached hydrogens (tertiary/aromatic N) is 4. The Hall–Kier alpha value is -4.11. The number of benzene rings is 1. The molecule has 0 aliphatic carbocycles. The molecule has 3 aromatic heterocycles. The number of carbonyl (C=O) groups is 1. The normalized spacial score (nSPS) is 16.9. The number of amides is 1. The molecule has 0 unspecified atom stereocenters. The zero-order chi connectivity index (χ0) is 26.8. The summed E-state index contributed by atoms with van der Waals surface area (Å²) in [5, 5.41) is 6.65. The molecule has 2 N–H and O–H groups in total. The molecule has 0 saturated carbocycles. The summed E-state index contributed by atoms with van der Waals surface area (Å²) in [4.78, 5) is 24.0. The maximum absolute atomic E-state index is 14.1. The van der Waals surface area contributed by atoms with Gasteiger partial charge in [-0.1, -0.05) is 24.3 Å². The number of halogens is 1. The van der Waals surface area contributed by atoms with Crippen molar-refractivity contribution >= 4 is 28.9 Å². The van der Waals surface area contributed by atoms with E-state index in [0.717, 1.165) is 34.0 Å². The van der Waals surface area contributed by atoms with Crippen LogP contribution < -0.4 is 10.6 Å². The van der Waals surface area contributed by atoms with E-state index in [-0.39, 0.29) is 30.1 Å². The molecule has 194 valence electrons. The molecule has 4 heterocycles. The average Bonchev–Trinajstić information content (AvgIpc) is 3.39. The van der Waals surface area contributed by atoms with Crippen molar-refractivity contribution in [1.29, 1.82) is 0 Å². The summed E-state index contributed by atoms with van der Waals surface area (Å²) in [6.45, 7) is 6.50. The number of hydrogen-bond acceptors (Lipinski definition) is 4. The van der Waals surface area contributed by atoms with E-state index in [4.69, 9.17) is 12.2 Å². The van der Waals surface area contributed by atoms with E-state index < -0.39 is 5.82 Å². The van der Waals surface area contributed by atoms with Gasteiger partial charge in [0.05, 0.1) is 23.5 Å². The first-order chi connectivity index (χ1) is 18.3. The number of hydrogen-bond donors (Lipinski definition) is 2. The molecule has 1 saturated heterocycles. The Labute approximate surface area is 226 Å². The Morgan fingerprint density at radius 1 is 1.08 bits per heavy atom. The summed E-state index contributed by atoms with van der Waals surface area (Å²) in [5.74, 6) is 0.0901. The molecule has 1 fully saturated rings. The van der Waals surface area contributed by atoms with Crippen LogP contribution in [-0.4, -0.2) is 37.0 Å². The van der Waals surface area contributed by atoms with Crippen molar-refractivity contribution in [2.45, 2.75) is 39.3 Å². The molecule has 7 nitrogen and oxygen atoms in total. The number of aryl methyl sites for hydroxylation is 2. The van der Waals surface area contributed by atoms with Crippen LogP contribution in [-0.2, 0) is 4.79 Å². The molecule has 1 amide bonds. The van der Waals surface area contributed by atoms with Crippen LogP contribution in [0.5, 0.6) is 0 Å². The van der Waals surface area contributed by atoms with E-state index >= 15 is 0 Å². The van der Waals surface area contributed by atoms with Gasteiger partial charge in [-0.2, -0.15) is 0 Å². The molecular formula is C29H29FN6OS. The van der Waals surface area contributed by atoms with Crippen molar-refractivity contribution in [2.75, 3.05) is 11.9 Å². The second kappa shape index (κ2) is 10.7.